The van der Waals surface area contributed by atoms with Crippen molar-refractivity contribution >= 4 is 10.9 Å². The SMILES string of the molecule is Cc1cnc(C(NN)c2ccc3ncccc3c2)c(C)c1. The van der Waals surface area contributed by atoms with Gasteiger partial charge in [-0.3, -0.25) is 15.8 Å². The Labute approximate surface area is 124 Å². The minimum absolute atomic E-state index is 0.129. The van der Waals surface area contributed by atoms with E-state index < -0.39 is 0 Å². The van der Waals surface area contributed by atoms with Crippen molar-refractivity contribution in [1.29, 1.82) is 0 Å². The van der Waals surface area contributed by atoms with Crippen LogP contribution in [0.1, 0.15) is 28.4 Å². The smallest absolute Gasteiger partial charge is 0.0884 e. The maximum absolute atomic E-state index is 5.78. The molecule has 2 aromatic heterocycles. The molecule has 0 saturated heterocycles. The standard InChI is InChI=1S/C17H18N4/c1-11-8-12(2)16(20-10-11)17(21-18)14-5-6-15-13(9-14)4-3-7-19-15/h3-10,17,21H,18H2,1-2H3. The molecule has 0 spiro atoms. The van der Waals surface area contributed by atoms with Gasteiger partial charge in [0, 0.05) is 17.8 Å². The van der Waals surface area contributed by atoms with Crippen LogP contribution in [0.25, 0.3) is 10.9 Å². The number of nitrogens with zero attached hydrogens (tertiary/aromatic N) is 2. The average Bonchev–Trinajstić information content (AvgIpc) is 2.50. The second-order valence-corrected chi connectivity index (χ2v) is 5.27. The van der Waals surface area contributed by atoms with E-state index in [1.54, 1.807) is 6.20 Å². The highest BCUT2D eigenvalue weighted by Gasteiger charge is 2.16. The fourth-order valence-electron chi connectivity index (χ4n) is 2.63. The predicted molar refractivity (Wildman–Crippen MR) is 84.6 cm³/mol. The van der Waals surface area contributed by atoms with Crippen LogP contribution in [0.2, 0.25) is 0 Å². The lowest BCUT2D eigenvalue weighted by Crippen LogP contribution is -2.30. The number of aryl methyl sites for hydroxylation is 2. The van der Waals surface area contributed by atoms with Crippen molar-refractivity contribution in [2.45, 2.75) is 19.9 Å². The number of fused-ring (bicyclic) bond motifs is 1. The van der Waals surface area contributed by atoms with Crippen LogP contribution >= 0.6 is 0 Å². The van der Waals surface area contributed by atoms with Gasteiger partial charge in [-0.25, -0.2) is 5.43 Å². The predicted octanol–water partition coefficient (Wildman–Crippen LogP) is 2.80. The lowest BCUT2D eigenvalue weighted by molar-refractivity contribution is 0.617. The Hall–Kier alpha value is -2.30. The van der Waals surface area contributed by atoms with Crippen molar-refractivity contribution in [1.82, 2.24) is 15.4 Å². The first kappa shape index (κ1) is 13.7. The number of hydrazine groups is 1. The van der Waals surface area contributed by atoms with Gasteiger partial charge in [-0.1, -0.05) is 18.2 Å². The van der Waals surface area contributed by atoms with E-state index in [1.807, 2.05) is 31.3 Å². The molecule has 0 aliphatic heterocycles. The van der Waals surface area contributed by atoms with Crippen LogP contribution in [0.4, 0.5) is 0 Å². The average molecular weight is 278 g/mol. The first-order chi connectivity index (χ1) is 10.2. The Morgan fingerprint density at radius 3 is 2.71 bits per heavy atom. The molecule has 0 aliphatic carbocycles. The molecule has 4 nitrogen and oxygen atoms in total. The summed E-state index contributed by atoms with van der Waals surface area (Å²) in [4.78, 5) is 8.89. The maximum atomic E-state index is 5.78. The van der Waals surface area contributed by atoms with Crippen molar-refractivity contribution in [3.63, 3.8) is 0 Å². The summed E-state index contributed by atoms with van der Waals surface area (Å²) in [7, 11) is 0. The zero-order valence-corrected chi connectivity index (χ0v) is 12.2. The number of hydrogen-bond donors (Lipinski definition) is 2. The van der Waals surface area contributed by atoms with Crippen LogP contribution in [-0.4, -0.2) is 9.97 Å². The Bertz CT molecular complexity index is 783. The Balaban J connectivity index is 2.09. The molecule has 0 aliphatic rings. The van der Waals surface area contributed by atoms with Gasteiger partial charge in [0.25, 0.3) is 0 Å². The Morgan fingerprint density at radius 2 is 1.95 bits per heavy atom. The van der Waals surface area contributed by atoms with E-state index in [9.17, 15) is 0 Å². The van der Waals surface area contributed by atoms with Crippen molar-refractivity contribution in [2.24, 2.45) is 5.84 Å². The molecule has 3 N–H and O–H groups in total. The highest BCUT2D eigenvalue weighted by Crippen LogP contribution is 2.25. The summed E-state index contributed by atoms with van der Waals surface area (Å²) < 4.78 is 0. The van der Waals surface area contributed by atoms with Crippen LogP contribution < -0.4 is 11.3 Å². The molecule has 0 radical (unpaired) electrons. The molecule has 2 heterocycles. The first-order valence-electron chi connectivity index (χ1n) is 6.93. The molecule has 0 fully saturated rings. The normalized spacial score (nSPS) is 12.5. The molecular weight excluding hydrogens is 260 g/mol. The summed E-state index contributed by atoms with van der Waals surface area (Å²) >= 11 is 0. The second-order valence-electron chi connectivity index (χ2n) is 5.27. The van der Waals surface area contributed by atoms with Crippen LogP contribution in [0, 0.1) is 13.8 Å². The van der Waals surface area contributed by atoms with Gasteiger partial charge < -0.3 is 0 Å². The minimum Gasteiger partial charge on any atom is -0.271 e. The number of nitrogens with one attached hydrogen (secondary N) is 1. The molecule has 4 heteroatoms. The van der Waals surface area contributed by atoms with Gasteiger partial charge in [0.15, 0.2) is 0 Å². The molecule has 1 aromatic carbocycles. The van der Waals surface area contributed by atoms with Gasteiger partial charge in [0.1, 0.15) is 0 Å². The van der Waals surface area contributed by atoms with Crippen molar-refractivity contribution in [3.8, 4) is 0 Å². The summed E-state index contributed by atoms with van der Waals surface area (Å²) in [5.41, 5.74) is 8.16. The largest absolute Gasteiger partial charge is 0.271 e. The Morgan fingerprint density at radius 1 is 1.10 bits per heavy atom. The zero-order valence-electron chi connectivity index (χ0n) is 12.2. The summed E-state index contributed by atoms with van der Waals surface area (Å²) in [6.07, 6.45) is 3.67. The minimum atomic E-state index is -0.129. The summed E-state index contributed by atoms with van der Waals surface area (Å²) in [6.45, 7) is 4.10. The quantitative estimate of drug-likeness (QED) is 0.571. The van der Waals surface area contributed by atoms with Gasteiger partial charge in [-0.2, -0.15) is 0 Å². The fraction of sp³-hybridized carbons (Fsp3) is 0.176. The van der Waals surface area contributed by atoms with Crippen LogP contribution in [0.3, 0.4) is 0 Å². The van der Waals surface area contributed by atoms with Gasteiger partial charge in [0.05, 0.1) is 17.3 Å². The molecular formula is C17H18N4. The molecule has 106 valence electrons. The molecule has 0 amide bonds. The number of benzene rings is 1. The van der Waals surface area contributed by atoms with Crippen molar-refractivity contribution in [2.75, 3.05) is 0 Å². The lowest BCUT2D eigenvalue weighted by Gasteiger charge is -2.18. The summed E-state index contributed by atoms with van der Waals surface area (Å²) in [5.74, 6) is 5.78. The maximum Gasteiger partial charge on any atom is 0.0884 e. The van der Waals surface area contributed by atoms with Gasteiger partial charge in [-0.05, 0) is 48.7 Å². The molecule has 3 aromatic rings. The third kappa shape index (κ3) is 2.63. The van der Waals surface area contributed by atoms with E-state index in [0.29, 0.717) is 0 Å². The third-order valence-corrected chi connectivity index (χ3v) is 3.66. The number of aromatic nitrogens is 2. The molecule has 1 unspecified atom stereocenters. The van der Waals surface area contributed by atoms with E-state index >= 15 is 0 Å². The van der Waals surface area contributed by atoms with Crippen molar-refractivity contribution in [3.05, 3.63) is 71.2 Å². The topological polar surface area (TPSA) is 63.8 Å². The van der Waals surface area contributed by atoms with Gasteiger partial charge >= 0.3 is 0 Å². The van der Waals surface area contributed by atoms with E-state index in [0.717, 1.165) is 33.3 Å². The van der Waals surface area contributed by atoms with Gasteiger partial charge in [0.2, 0.25) is 0 Å². The van der Waals surface area contributed by atoms with Crippen LogP contribution in [0.15, 0.2) is 48.8 Å². The van der Waals surface area contributed by atoms with E-state index in [4.69, 9.17) is 5.84 Å². The molecule has 21 heavy (non-hydrogen) atoms. The zero-order chi connectivity index (χ0) is 14.8. The fourth-order valence-corrected chi connectivity index (χ4v) is 2.63. The van der Waals surface area contributed by atoms with E-state index in [-0.39, 0.29) is 6.04 Å². The highest BCUT2D eigenvalue weighted by molar-refractivity contribution is 5.79. The van der Waals surface area contributed by atoms with E-state index in [2.05, 4.69) is 40.5 Å². The summed E-state index contributed by atoms with van der Waals surface area (Å²) in [6, 6.07) is 12.1. The lowest BCUT2D eigenvalue weighted by atomic mass is 9.98. The summed E-state index contributed by atoms with van der Waals surface area (Å²) in [5, 5.41) is 1.10. The van der Waals surface area contributed by atoms with Crippen molar-refractivity contribution < 1.29 is 0 Å². The molecule has 3 rings (SSSR count). The molecule has 0 saturated carbocycles. The van der Waals surface area contributed by atoms with Crippen LogP contribution in [-0.2, 0) is 0 Å². The molecule has 1 atom stereocenters. The first-order valence-corrected chi connectivity index (χ1v) is 6.93. The number of hydrogen-bond acceptors (Lipinski definition) is 4. The number of nitrogens with two attached hydrogens (primary N) is 1. The van der Waals surface area contributed by atoms with E-state index in [1.165, 1.54) is 0 Å². The second kappa shape index (κ2) is 5.60. The molecule has 0 bridgehead atoms. The van der Waals surface area contributed by atoms with Crippen LogP contribution in [0.5, 0.6) is 0 Å². The monoisotopic (exact) mass is 278 g/mol. The number of pyridine rings is 2. The Kier molecular flexibility index (Phi) is 3.64. The highest BCUT2D eigenvalue weighted by atomic mass is 15.2. The third-order valence-electron chi connectivity index (χ3n) is 3.66. The number of rotatable bonds is 3. The van der Waals surface area contributed by atoms with Gasteiger partial charge in [-0.15, -0.1) is 0 Å².